The first-order valence-electron chi connectivity index (χ1n) is 11.5. The number of carbonyl (C=O) groups excluding carboxylic acids is 1. The summed E-state index contributed by atoms with van der Waals surface area (Å²) in [5, 5.41) is 0. The summed E-state index contributed by atoms with van der Waals surface area (Å²) in [7, 11) is 0. The van der Waals surface area contributed by atoms with Crippen LogP contribution in [0.15, 0.2) is 65.6 Å². The molecule has 0 spiro atoms. The molecule has 0 N–H and O–H groups in total. The maximum Gasteiger partial charge on any atom is 0.259 e. The largest absolute Gasteiger partial charge is 0.342 e. The lowest BCUT2D eigenvalue weighted by atomic mass is 9.97. The van der Waals surface area contributed by atoms with Gasteiger partial charge in [-0.15, -0.1) is 0 Å². The predicted octanol–water partition coefficient (Wildman–Crippen LogP) is 4.26. The fourth-order valence-electron chi connectivity index (χ4n) is 4.47. The van der Waals surface area contributed by atoms with Crippen LogP contribution in [0.3, 0.4) is 0 Å². The van der Waals surface area contributed by atoms with Gasteiger partial charge in [0.25, 0.3) is 5.91 Å². The lowest BCUT2D eigenvalue weighted by molar-refractivity contribution is 0.0693. The van der Waals surface area contributed by atoms with Crippen molar-refractivity contribution in [3.63, 3.8) is 0 Å². The minimum absolute atomic E-state index is 0.125. The van der Waals surface area contributed by atoms with Gasteiger partial charge >= 0.3 is 0 Å². The normalized spacial score (nSPS) is 14.5. The zero-order chi connectivity index (χ0) is 22.5. The van der Waals surface area contributed by atoms with Crippen LogP contribution in [0.1, 0.15) is 52.8 Å². The van der Waals surface area contributed by atoms with E-state index in [4.69, 9.17) is 0 Å². The lowest BCUT2D eigenvalue weighted by Gasteiger charge is -2.31. The molecule has 3 heterocycles. The maximum atomic E-state index is 13.6. The number of aromatic nitrogens is 2. The third-order valence-electron chi connectivity index (χ3n) is 6.45. The minimum Gasteiger partial charge on any atom is -0.342 e. The molecular weight excluding hydrogens is 398 g/mol. The highest BCUT2D eigenvalue weighted by atomic mass is 16.2. The third-order valence-corrected chi connectivity index (χ3v) is 6.45. The van der Waals surface area contributed by atoms with Crippen LogP contribution >= 0.6 is 0 Å². The molecule has 1 saturated heterocycles. The van der Waals surface area contributed by atoms with Crippen molar-refractivity contribution in [2.24, 2.45) is 5.92 Å². The van der Waals surface area contributed by atoms with E-state index in [1.165, 1.54) is 5.56 Å². The number of likely N-dealkylation sites (tertiary alicyclic amines) is 1. The standard InChI is InChI=1S/C27H31N3O2/c1-20-13-16-29(17-14-20)27(32)26-24(12-11-22-8-4-3-5-9-22)30(21(2)18-25(26)31)19-23-10-6-7-15-28-23/h3-10,15,18,20H,11-14,16-17,19H2,1-2H3. The van der Waals surface area contributed by atoms with Crippen LogP contribution in [0.4, 0.5) is 0 Å². The molecule has 0 atom stereocenters. The van der Waals surface area contributed by atoms with Crippen LogP contribution in [0.5, 0.6) is 0 Å². The second-order valence-corrected chi connectivity index (χ2v) is 8.84. The molecule has 5 heteroatoms. The number of benzene rings is 1. The molecule has 3 aromatic rings. The maximum absolute atomic E-state index is 13.6. The minimum atomic E-state index is -0.175. The van der Waals surface area contributed by atoms with Gasteiger partial charge in [0.05, 0.1) is 12.2 Å². The Labute approximate surface area is 189 Å². The van der Waals surface area contributed by atoms with E-state index in [-0.39, 0.29) is 11.3 Å². The van der Waals surface area contributed by atoms with Gasteiger partial charge in [-0.1, -0.05) is 43.3 Å². The van der Waals surface area contributed by atoms with Gasteiger partial charge in [0.1, 0.15) is 5.56 Å². The van der Waals surface area contributed by atoms with E-state index in [0.717, 1.165) is 36.3 Å². The SMILES string of the molecule is Cc1cc(=O)c(C(=O)N2CCC(C)CC2)c(CCc2ccccc2)n1Cc1ccccn1. The van der Waals surface area contributed by atoms with E-state index in [0.29, 0.717) is 37.5 Å². The van der Waals surface area contributed by atoms with E-state index in [1.807, 2.05) is 48.2 Å². The molecule has 5 nitrogen and oxygen atoms in total. The second-order valence-electron chi connectivity index (χ2n) is 8.84. The number of rotatable bonds is 6. The second kappa shape index (κ2) is 9.94. The van der Waals surface area contributed by atoms with Crippen molar-refractivity contribution in [3.05, 3.63) is 99.2 Å². The summed E-state index contributed by atoms with van der Waals surface area (Å²) in [6.45, 7) is 6.12. The number of hydrogen-bond acceptors (Lipinski definition) is 3. The molecule has 0 radical (unpaired) electrons. The number of carbonyl (C=O) groups is 1. The number of amides is 1. The van der Waals surface area contributed by atoms with Gasteiger partial charge in [0, 0.05) is 36.7 Å². The van der Waals surface area contributed by atoms with E-state index < -0.39 is 0 Å². The van der Waals surface area contributed by atoms with Crippen molar-refractivity contribution in [1.29, 1.82) is 0 Å². The Balaban J connectivity index is 1.75. The van der Waals surface area contributed by atoms with Crippen molar-refractivity contribution < 1.29 is 4.79 Å². The molecule has 1 aliphatic heterocycles. The Morgan fingerprint density at radius 2 is 1.75 bits per heavy atom. The Morgan fingerprint density at radius 3 is 2.44 bits per heavy atom. The lowest BCUT2D eigenvalue weighted by Crippen LogP contribution is -2.41. The molecule has 1 aliphatic rings. The number of pyridine rings is 2. The highest BCUT2D eigenvalue weighted by molar-refractivity contribution is 5.95. The first-order valence-corrected chi connectivity index (χ1v) is 11.5. The molecular formula is C27H31N3O2. The molecule has 4 rings (SSSR count). The van der Waals surface area contributed by atoms with Crippen molar-refractivity contribution in [3.8, 4) is 0 Å². The van der Waals surface area contributed by atoms with Crippen molar-refractivity contribution in [2.45, 2.75) is 46.1 Å². The molecule has 2 aromatic heterocycles. The van der Waals surface area contributed by atoms with E-state index in [1.54, 1.807) is 12.3 Å². The van der Waals surface area contributed by atoms with Gasteiger partial charge in [0.15, 0.2) is 5.43 Å². The molecule has 0 saturated carbocycles. The molecule has 1 fully saturated rings. The van der Waals surface area contributed by atoms with Gasteiger partial charge < -0.3 is 9.47 Å². The number of nitrogens with zero attached hydrogens (tertiary/aromatic N) is 3. The summed E-state index contributed by atoms with van der Waals surface area (Å²) in [6, 6.07) is 17.7. The molecule has 0 unspecified atom stereocenters. The molecule has 166 valence electrons. The topological polar surface area (TPSA) is 55.2 Å². The van der Waals surface area contributed by atoms with Gasteiger partial charge in [0.2, 0.25) is 0 Å². The summed E-state index contributed by atoms with van der Waals surface area (Å²) in [5.74, 6) is 0.496. The van der Waals surface area contributed by atoms with Gasteiger partial charge in [-0.2, -0.15) is 0 Å². The molecule has 1 amide bonds. The van der Waals surface area contributed by atoms with Crippen LogP contribution in [0.25, 0.3) is 0 Å². The first kappa shape index (κ1) is 22.0. The summed E-state index contributed by atoms with van der Waals surface area (Å²) in [4.78, 5) is 33.1. The van der Waals surface area contributed by atoms with Gasteiger partial charge in [-0.05, 0) is 56.2 Å². The summed E-state index contributed by atoms with van der Waals surface area (Å²) >= 11 is 0. The van der Waals surface area contributed by atoms with Crippen LogP contribution in [-0.4, -0.2) is 33.4 Å². The Morgan fingerprint density at radius 1 is 1.03 bits per heavy atom. The summed E-state index contributed by atoms with van der Waals surface area (Å²) in [5.41, 5.74) is 3.92. The average Bonchev–Trinajstić information content (AvgIpc) is 2.81. The fourth-order valence-corrected chi connectivity index (χ4v) is 4.47. The highest BCUT2D eigenvalue weighted by Gasteiger charge is 2.27. The Hall–Kier alpha value is -3.21. The van der Waals surface area contributed by atoms with Gasteiger partial charge in [-0.25, -0.2) is 0 Å². The number of hydrogen-bond donors (Lipinski definition) is 0. The third kappa shape index (κ3) is 4.98. The van der Waals surface area contributed by atoms with Crippen LogP contribution in [0.2, 0.25) is 0 Å². The zero-order valence-electron chi connectivity index (χ0n) is 19.0. The predicted molar refractivity (Wildman–Crippen MR) is 127 cm³/mol. The van der Waals surface area contributed by atoms with Crippen molar-refractivity contribution >= 4 is 5.91 Å². The first-order chi connectivity index (χ1) is 15.5. The van der Waals surface area contributed by atoms with Crippen LogP contribution in [-0.2, 0) is 19.4 Å². The Bertz CT molecular complexity index is 1110. The van der Waals surface area contributed by atoms with E-state index in [2.05, 4.69) is 28.6 Å². The van der Waals surface area contributed by atoms with Crippen molar-refractivity contribution in [2.75, 3.05) is 13.1 Å². The van der Waals surface area contributed by atoms with Crippen LogP contribution in [0, 0.1) is 12.8 Å². The zero-order valence-corrected chi connectivity index (χ0v) is 19.0. The highest BCUT2D eigenvalue weighted by Crippen LogP contribution is 2.21. The quantitative estimate of drug-likeness (QED) is 0.588. The monoisotopic (exact) mass is 429 g/mol. The number of aryl methyl sites for hydroxylation is 2. The molecule has 32 heavy (non-hydrogen) atoms. The molecule has 0 aliphatic carbocycles. The summed E-state index contributed by atoms with van der Waals surface area (Å²) in [6.07, 6.45) is 5.14. The number of piperidine rings is 1. The molecule has 0 bridgehead atoms. The fraction of sp³-hybridized carbons (Fsp3) is 0.370. The molecule has 1 aromatic carbocycles. The Kier molecular flexibility index (Phi) is 6.84. The smallest absolute Gasteiger partial charge is 0.259 e. The average molecular weight is 430 g/mol. The van der Waals surface area contributed by atoms with E-state index >= 15 is 0 Å². The van der Waals surface area contributed by atoms with Gasteiger partial charge in [-0.3, -0.25) is 14.6 Å². The van der Waals surface area contributed by atoms with E-state index in [9.17, 15) is 9.59 Å². The van der Waals surface area contributed by atoms with Crippen LogP contribution < -0.4 is 5.43 Å². The summed E-state index contributed by atoms with van der Waals surface area (Å²) < 4.78 is 2.10. The van der Waals surface area contributed by atoms with Crippen molar-refractivity contribution in [1.82, 2.24) is 14.5 Å².